The fourth-order valence-corrected chi connectivity index (χ4v) is 1.73. The van der Waals surface area contributed by atoms with Gasteiger partial charge in [0, 0.05) is 0 Å². The quantitative estimate of drug-likeness (QED) is 0.410. The Morgan fingerprint density at radius 3 is 2.67 bits per heavy atom. The second-order valence-corrected chi connectivity index (χ2v) is 3.62. The van der Waals surface area contributed by atoms with Crippen LogP contribution in [-0.2, 0) is 18.4 Å². The molecule has 1 fully saturated rings. The van der Waals surface area contributed by atoms with Crippen molar-refractivity contribution in [1.29, 1.82) is 0 Å². The van der Waals surface area contributed by atoms with E-state index in [1.807, 2.05) is 0 Å². The lowest BCUT2D eigenvalue weighted by atomic mass is 10.5. The first-order chi connectivity index (χ1) is 4.16. The molecule has 0 aromatic heterocycles. The van der Waals surface area contributed by atoms with Crippen molar-refractivity contribution in [2.45, 2.75) is 13.0 Å². The highest BCUT2D eigenvalue weighted by atomic mass is 31.2. The predicted molar refractivity (Wildman–Crippen MR) is 30.9 cm³/mol. The molecule has 0 amide bonds. The molecule has 9 heavy (non-hydrogen) atoms. The van der Waals surface area contributed by atoms with Gasteiger partial charge < -0.3 is 4.52 Å². The molecule has 0 aromatic rings. The van der Waals surface area contributed by atoms with Crippen LogP contribution in [0.3, 0.4) is 0 Å². The van der Waals surface area contributed by atoms with Crippen molar-refractivity contribution >= 4 is 13.6 Å². The summed E-state index contributed by atoms with van der Waals surface area (Å²) in [6.45, 7) is 1.94. The van der Waals surface area contributed by atoms with E-state index in [1.54, 1.807) is 6.92 Å². The molecule has 1 aliphatic rings. The summed E-state index contributed by atoms with van der Waals surface area (Å²) in [5, 5.41) is 0. The Kier molecular flexibility index (Phi) is 1.70. The summed E-state index contributed by atoms with van der Waals surface area (Å²) >= 11 is 0. The molecule has 5 heteroatoms. The van der Waals surface area contributed by atoms with E-state index in [0.29, 0.717) is 0 Å². The Morgan fingerprint density at radius 1 is 1.78 bits per heavy atom. The molecule has 4 nitrogen and oxygen atoms in total. The van der Waals surface area contributed by atoms with Crippen molar-refractivity contribution in [2.24, 2.45) is 0 Å². The minimum Gasteiger partial charge on any atom is -0.301 e. The minimum absolute atomic E-state index is 0.221. The fourth-order valence-electron chi connectivity index (χ4n) is 0.576. The second kappa shape index (κ2) is 2.21. The zero-order valence-corrected chi connectivity index (χ0v) is 5.84. The van der Waals surface area contributed by atoms with Gasteiger partial charge in [0.25, 0.3) is 0 Å². The number of rotatable bonds is 1. The van der Waals surface area contributed by atoms with Crippen LogP contribution in [-0.4, -0.2) is 18.7 Å². The first kappa shape index (κ1) is 6.93. The fraction of sp³-hybridized carbons (Fsp3) is 0.750. The monoisotopic (exact) mass is 150 g/mol. The summed E-state index contributed by atoms with van der Waals surface area (Å²) in [4.78, 5) is 9.96. The SMILES string of the molecule is CC1COP(=O)(C=O)O1. The molecule has 52 valence electrons. The highest BCUT2D eigenvalue weighted by Crippen LogP contribution is 2.50. The molecule has 1 heterocycles. The largest absolute Gasteiger partial charge is 0.393 e. The standard InChI is InChI=1S/C4H7O4P/c1-4-2-7-9(6,3-5)8-4/h3-4H,2H2,1H3. The molecule has 0 aromatic carbocycles. The lowest BCUT2D eigenvalue weighted by molar-refractivity contribution is 0.258. The molecule has 1 aliphatic heterocycles. The Labute approximate surface area is 52.7 Å². The predicted octanol–water partition coefficient (Wildman–Crippen LogP) is 0.805. The third kappa shape index (κ3) is 1.39. The van der Waals surface area contributed by atoms with E-state index >= 15 is 0 Å². The maximum atomic E-state index is 10.8. The van der Waals surface area contributed by atoms with E-state index < -0.39 is 7.60 Å². The highest BCUT2D eigenvalue weighted by Gasteiger charge is 2.33. The number of carbonyl (C=O) groups is 1. The van der Waals surface area contributed by atoms with Crippen LogP contribution < -0.4 is 0 Å². The molecule has 1 rings (SSSR count). The lowest BCUT2D eigenvalue weighted by Gasteiger charge is -1.98. The van der Waals surface area contributed by atoms with Crippen LogP contribution in [0.15, 0.2) is 0 Å². The Hall–Kier alpha value is -0.180. The van der Waals surface area contributed by atoms with Gasteiger partial charge in [0.15, 0.2) is 0 Å². The number of hydrogen-bond donors (Lipinski definition) is 0. The van der Waals surface area contributed by atoms with Crippen molar-refractivity contribution in [3.8, 4) is 0 Å². The molecule has 0 aliphatic carbocycles. The van der Waals surface area contributed by atoms with Crippen molar-refractivity contribution < 1.29 is 18.4 Å². The molecular formula is C4H7O4P. The van der Waals surface area contributed by atoms with Crippen LogP contribution in [0.2, 0.25) is 0 Å². The second-order valence-electron chi connectivity index (χ2n) is 1.86. The van der Waals surface area contributed by atoms with Crippen LogP contribution in [0.1, 0.15) is 6.92 Å². The van der Waals surface area contributed by atoms with Gasteiger partial charge in [-0.25, -0.2) is 0 Å². The van der Waals surface area contributed by atoms with E-state index in [-0.39, 0.29) is 18.7 Å². The summed E-state index contributed by atoms with van der Waals surface area (Å²) in [6.07, 6.45) is -0.221. The molecule has 0 N–H and O–H groups in total. The smallest absolute Gasteiger partial charge is 0.301 e. The van der Waals surface area contributed by atoms with Gasteiger partial charge in [0.2, 0.25) is 6.03 Å². The maximum absolute atomic E-state index is 10.8. The molecular weight excluding hydrogens is 143 g/mol. The normalized spacial score (nSPS) is 43.0. The molecule has 2 unspecified atom stereocenters. The van der Waals surface area contributed by atoms with Gasteiger partial charge >= 0.3 is 7.60 Å². The van der Waals surface area contributed by atoms with Crippen molar-refractivity contribution in [3.05, 3.63) is 0 Å². The Balaban J connectivity index is 2.66. The summed E-state index contributed by atoms with van der Waals surface area (Å²) < 4.78 is 20.0. The van der Waals surface area contributed by atoms with Gasteiger partial charge in [0.05, 0.1) is 12.7 Å². The lowest BCUT2D eigenvalue weighted by Crippen LogP contribution is -1.99. The molecule has 1 saturated heterocycles. The summed E-state index contributed by atoms with van der Waals surface area (Å²) in [7, 11) is -3.29. The molecule has 2 atom stereocenters. The number of hydrogen-bond acceptors (Lipinski definition) is 4. The maximum Gasteiger partial charge on any atom is 0.393 e. The van der Waals surface area contributed by atoms with E-state index in [0.717, 1.165) is 0 Å². The van der Waals surface area contributed by atoms with Crippen LogP contribution in [0.5, 0.6) is 0 Å². The summed E-state index contributed by atoms with van der Waals surface area (Å²) in [5.41, 5.74) is 0. The Morgan fingerprint density at radius 2 is 2.44 bits per heavy atom. The summed E-state index contributed by atoms with van der Waals surface area (Å²) in [6, 6.07) is 0.233. The van der Waals surface area contributed by atoms with Crippen LogP contribution in [0, 0.1) is 0 Å². The number of carbonyl (C=O) groups excluding carboxylic acids is 1. The molecule has 0 spiro atoms. The third-order valence-corrected chi connectivity index (χ3v) is 2.37. The highest BCUT2D eigenvalue weighted by molar-refractivity contribution is 7.69. The molecule has 0 saturated carbocycles. The van der Waals surface area contributed by atoms with Gasteiger partial charge in [-0.05, 0) is 6.92 Å². The van der Waals surface area contributed by atoms with Gasteiger partial charge in [-0.3, -0.25) is 13.9 Å². The first-order valence-electron chi connectivity index (χ1n) is 2.55. The zero-order chi connectivity index (χ0) is 6.91. The first-order valence-corrected chi connectivity index (χ1v) is 4.16. The van der Waals surface area contributed by atoms with E-state index in [2.05, 4.69) is 9.05 Å². The van der Waals surface area contributed by atoms with E-state index in [1.165, 1.54) is 0 Å². The van der Waals surface area contributed by atoms with E-state index in [9.17, 15) is 9.36 Å². The van der Waals surface area contributed by atoms with Crippen LogP contribution >= 0.6 is 7.60 Å². The van der Waals surface area contributed by atoms with Gasteiger partial charge in [0.1, 0.15) is 0 Å². The van der Waals surface area contributed by atoms with Crippen molar-refractivity contribution in [3.63, 3.8) is 0 Å². The van der Waals surface area contributed by atoms with Gasteiger partial charge in [-0.1, -0.05) is 0 Å². The zero-order valence-electron chi connectivity index (χ0n) is 4.94. The topological polar surface area (TPSA) is 52.6 Å². The van der Waals surface area contributed by atoms with Gasteiger partial charge in [-0.15, -0.1) is 0 Å². The minimum atomic E-state index is -3.29. The van der Waals surface area contributed by atoms with Gasteiger partial charge in [-0.2, -0.15) is 0 Å². The molecule has 0 radical (unpaired) electrons. The third-order valence-electron chi connectivity index (χ3n) is 0.945. The summed E-state index contributed by atoms with van der Waals surface area (Å²) in [5.74, 6) is 0. The van der Waals surface area contributed by atoms with Crippen molar-refractivity contribution in [1.82, 2.24) is 0 Å². The average molecular weight is 150 g/mol. The Bertz CT molecular complexity index is 166. The van der Waals surface area contributed by atoms with Crippen LogP contribution in [0.25, 0.3) is 0 Å². The van der Waals surface area contributed by atoms with Crippen LogP contribution in [0.4, 0.5) is 0 Å². The van der Waals surface area contributed by atoms with Crippen molar-refractivity contribution in [2.75, 3.05) is 6.61 Å². The van der Waals surface area contributed by atoms with E-state index in [4.69, 9.17) is 0 Å². The average Bonchev–Trinajstić information content (AvgIpc) is 2.13. The molecule has 0 bridgehead atoms.